The number of amides is 1. The van der Waals surface area contributed by atoms with E-state index in [4.69, 9.17) is 39.5 Å². The van der Waals surface area contributed by atoms with E-state index in [1.54, 1.807) is 59.4 Å². The molecular weight excluding hydrogens is 488 g/mol. The average molecular weight is 505 g/mol. The number of anilines is 1. The fourth-order valence-electron chi connectivity index (χ4n) is 3.14. The summed E-state index contributed by atoms with van der Waals surface area (Å²) in [4.78, 5) is 12.7. The maximum atomic E-state index is 13.8. The van der Waals surface area contributed by atoms with Gasteiger partial charge in [0.15, 0.2) is 5.75 Å². The summed E-state index contributed by atoms with van der Waals surface area (Å²) in [7, 11) is 0. The monoisotopic (exact) mass is 503 g/mol. The second kappa shape index (κ2) is 10.3. The van der Waals surface area contributed by atoms with Gasteiger partial charge in [-0.05, 0) is 35.9 Å². The van der Waals surface area contributed by atoms with Crippen LogP contribution >= 0.6 is 34.8 Å². The molecular formula is C24H17Cl3FN3O2. The number of nitrogens with zero attached hydrogens (tertiary/aromatic N) is 2. The van der Waals surface area contributed by atoms with E-state index in [0.29, 0.717) is 37.6 Å². The molecule has 33 heavy (non-hydrogen) atoms. The van der Waals surface area contributed by atoms with Gasteiger partial charge in [0.1, 0.15) is 12.4 Å². The second-order valence-corrected chi connectivity index (χ2v) is 8.41. The molecule has 0 aliphatic heterocycles. The predicted octanol–water partition coefficient (Wildman–Crippen LogP) is 6.86. The van der Waals surface area contributed by atoms with Crippen molar-refractivity contribution in [1.82, 2.24) is 9.78 Å². The van der Waals surface area contributed by atoms with Gasteiger partial charge >= 0.3 is 0 Å². The van der Waals surface area contributed by atoms with E-state index < -0.39 is 0 Å². The van der Waals surface area contributed by atoms with E-state index in [-0.39, 0.29) is 24.9 Å². The van der Waals surface area contributed by atoms with Crippen LogP contribution in [0.1, 0.15) is 21.5 Å². The largest absolute Gasteiger partial charge is 0.486 e. The minimum absolute atomic E-state index is 0.156. The molecule has 0 aliphatic carbocycles. The quantitative estimate of drug-likeness (QED) is 0.299. The molecule has 0 saturated carbocycles. The molecule has 4 aromatic rings. The fraction of sp³-hybridized carbons (Fsp3) is 0.0833. The van der Waals surface area contributed by atoms with E-state index >= 15 is 0 Å². The molecule has 0 saturated heterocycles. The summed E-state index contributed by atoms with van der Waals surface area (Å²) in [5, 5.41) is 7.98. The SMILES string of the molecule is O=C(Nc1cnn(Cc2ccccc2F)c1)c1cccc(COc2c(Cl)cc(Cl)cc2Cl)c1. The summed E-state index contributed by atoms with van der Waals surface area (Å²) < 4.78 is 21.1. The zero-order valence-electron chi connectivity index (χ0n) is 17.1. The third-order valence-corrected chi connectivity index (χ3v) is 5.50. The zero-order chi connectivity index (χ0) is 23.4. The number of carbonyl (C=O) groups is 1. The Kier molecular flexibility index (Phi) is 7.18. The first-order valence-electron chi connectivity index (χ1n) is 9.82. The van der Waals surface area contributed by atoms with Gasteiger partial charge < -0.3 is 10.1 Å². The lowest BCUT2D eigenvalue weighted by molar-refractivity contribution is 0.102. The lowest BCUT2D eigenvalue weighted by atomic mass is 10.1. The predicted molar refractivity (Wildman–Crippen MR) is 128 cm³/mol. The van der Waals surface area contributed by atoms with Gasteiger partial charge in [-0.25, -0.2) is 4.39 Å². The Balaban J connectivity index is 1.40. The molecule has 168 valence electrons. The molecule has 9 heteroatoms. The number of halogens is 4. The van der Waals surface area contributed by atoms with Crippen LogP contribution in [0, 0.1) is 5.82 Å². The molecule has 0 fully saturated rings. The summed E-state index contributed by atoms with van der Waals surface area (Å²) in [6, 6.07) is 16.5. The first kappa shape index (κ1) is 23.1. The molecule has 0 atom stereocenters. The topological polar surface area (TPSA) is 56.2 Å². The number of nitrogens with one attached hydrogen (secondary N) is 1. The number of hydrogen-bond acceptors (Lipinski definition) is 3. The molecule has 0 aliphatic rings. The summed E-state index contributed by atoms with van der Waals surface area (Å²) in [5.74, 6) is -0.302. The van der Waals surface area contributed by atoms with Crippen LogP contribution in [0.2, 0.25) is 15.1 Å². The number of ether oxygens (including phenoxy) is 1. The fourth-order valence-corrected chi connectivity index (χ4v) is 4.07. The van der Waals surface area contributed by atoms with Crippen LogP contribution in [0.5, 0.6) is 5.75 Å². The normalized spacial score (nSPS) is 10.8. The number of hydrogen-bond donors (Lipinski definition) is 1. The van der Waals surface area contributed by atoms with Crippen LogP contribution in [0.25, 0.3) is 0 Å². The summed E-state index contributed by atoms with van der Waals surface area (Å²) >= 11 is 18.2. The Morgan fingerprint density at radius 3 is 2.55 bits per heavy atom. The van der Waals surface area contributed by atoms with Gasteiger partial charge in [0, 0.05) is 22.3 Å². The summed E-state index contributed by atoms with van der Waals surface area (Å²) in [6.45, 7) is 0.411. The lowest BCUT2D eigenvalue weighted by Crippen LogP contribution is -2.12. The Hall–Kier alpha value is -3.06. The van der Waals surface area contributed by atoms with Gasteiger partial charge in [0.2, 0.25) is 0 Å². The first-order chi connectivity index (χ1) is 15.9. The van der Waals surface area contributed by atoms with Crippen LogP contribution in [0.15, 0.2) is 73.1 Å². The Labute approximate surface area is 204 Å². The van der Waals surface area contributed by atoms with Crippen molar-refractivity contribution < 1.29 is 13.9 Å². The van der Waals surface area contributed by atoms with Gasteiger partial charge in [0.05, 0.1) is 28.5 Å². The Morgan fingerprint density at radius 2 is 1.79 bits per heavy atom. The van der Waals surface area contributed by atoms with E-state index in [9.17, 15) is 9.18 Å². The highest BCUT2D eigenvalue weighted by Gasteiger charge is 2.12. The molecule has 0 bridgehead atoms. The van der Waals surface area contributed by atoms with Crippen molar-refractivity contribution in [3.8, 4) is 5.75 Å². The Morgan fingerprint density at radius 1 is 1.03 bits per heavy atom. The molecule has 1 N–H and O–H groups in total. The van der Waals surface area contributed by atoms with E-state index in [2.05, 4.69) is 10.4 Å². The molecule has 0 unspecified atom stereocenters. The van der Waals surface area contributed by atoms with Crippen molar-refractivity contribution >= 4 is 46.4 Å². The van der Waals surface area contributed by atoms with Crippen molar-refractivity contribution in [3.05, 3.63) is 111 Å². The van der Waals surface area contributed by atoms with Crippen molar-refractivity contribution in [1.29, 1.82) is 0 Å². The van der Waals surface area contributed by atoms with Crippen molar-refractivity contribution in [3.63, 3.8) is 0 Å². The Bertz CT molecular complexity index is 1290. The van der Waals surface area contributed by atoms with Crippen molar-refractivity contribution in [2.75, 3.05) is 5.32 Å². The van der Waals surface area contributed by atoms with Gasteiger partial charge in [-0.15, -0.1) is 0 Å². The summed E-state index contributed by atoms with van der Waals surface area (Å²) in [6.07, 6.45) is 3.15. The van der Waals surface area contributed by atoms with E-state index in [1.807, 2.05) is 6.07 Å². The molecule has 1 aromatic heterocycles. The number of benzene rings is 3. The van der Waals surface area contributed by atoms with Gasteiger partial charge in [0.25, 0.3) is 5.91 Å². The molecule has 5 nitrogen and oxygen atoms in total. The van der Waals surface area contributed by atoms with Gasteiger partial charge in [-0.2, -0.15) is 5.10 Å². The smallest absolute Gasteiger partial charge is 0.255 e. The molecule has 0 spiro atoms. The molecule has 1 heterocycles. The van der Waals surface area contributed by atoms with Crippen molar-refractivity contribution in [2.45, 2.75) is 13.2 Å². The second-order valence-electron chi connectivity index (χ2n) is 7.16. The van der Waals surface area contributed by atoms with Gasteiger partial charge in [-0.3, -0.25) is 9.48 Å². The highest BCUT2D eigenvalue weighted by molar-refractivity contribution is 6.40. The standard InChI is InChI=1S/C24H17Cl3FN3O2/c25-18-9-20(26)23(21(27)10-18)33-14-15-4-3-6-16(8-15)24(32)30-19-11-29-31(13-19)12-17-5-1-2-7-22(17)28/h1-11,13H,12,14H2,(H,30,32). The maximum Gasteiger partial charge on any atom is 0.255 e. The number of aromatic nitrogens is 2. The van der Waals surface area contributed by atoms with Crippen LogP contribution in [0.4, 0.5) is 10.1 Å². The van der Waals surface area contributed by atoms with Crippen LogP contribution in [-0.2, 0) is 13.2 Å². The third kappa shape index (κ3) is 5.85. The highest BCUT2D eigenvalue weighted by Crippen LogP contribution is 2.36. The minimum atomic E-state index is -0.315. The first-order valence-corrected chi connectivity index (χ1v) is 11.0. The lowest BCUT2D eigenvalue weighted by Gasteiger charge is -2.11. The maximum absolute atomic E-state index is 13.8. The molecule has 0 radical (unpaired) electrons. The van der Waals surface area contributed by atoms with Crippen molar-refractivity contribution in [2.24, 2.45) is 0 Å². The van der Waals surface area contributed by atoms with Gasteiger partial charge in [-0.1, -0.05) is 65.1 Å². The molecule has 3 aromatic carbocycles. The molecule has 1 amide bonds. The van der Waals surface area contributed by atoms with Crippen LogP contribution in [0.3, 0.4) is 0 Å². The molecule has 4 rings (SSSR count). The number of carbonyl (C=O) groups excluding carboxylic acids is 1. The summed E-state index contributed by atoms with van der Waals surface area (Å²) in [5.41, 5.74) is 2.19. The van der Waals surface area contributed by atoms with Crippen LogP contribution < -0.4 is 10.1 Å². The minimum Gasteiger partial charge on any atom is -0.486 e. The van der Waals surface area contributed by atoms with E-state index in [0.717, 1.165) is 5.56 Å². The van der Waals surface area contributed by atoms with Crippen LogP contribution in [-0.4, -0.2) is 15.7 Å². The average Bonchev–Trinajstić information content (AvgIpc) is 3.21. The number of rotatable bonds is 7. The zero-order valence-corrected chi connectivity index (χ0v) is 19.3. The highest BCUT2D eigenvalue weighted by atomic mass is 35.5. The third-order valence-electron chi connectivity index (χ3n) is 4.72. The van der Waals surface area contributed by atoms with E-state index in [1.165, 1.54) is 12.3 Å².